The first-order chi connectivity index (χ1) is 5.20. The Morgan fingerprint density at radius 3 is 2.09 bits per heavy atom. The maximum atomic E-state index is 5.70. The van der Waals surface area contributed by atoms with Crippen molar-refractivity contribution in [3.05, 3.63) is 0 Å². The number of hydrogen-bond donors (Lipinski definition) is 0. The SMILES string of the molecule is CCN(CC)CCC[Si](Cl)Cl. The average Bonchev–Trinajstić information content (AvgIpc) is 1.98. The van der Waals surface area contributed by atoms with E-state index in [1.54, 1.807) is 0 Å². The predicted molar refractivity (Wildman–Crippen MR) is 54.7 cm³/mol. The van der Waals surface area contributed by atoms with Crippen molar-refractivity contribution in [1.29, 1.82) is 0 Å². The van der Waals surface area contributed by atoms with Crippen LogP contribution in [0.4, 0.5) is 0 Å². The molecule has 0 aliphatic carbocycles. The molecule has 1 radical (unpaired) electrons. The van der Waals surface area contributed by atoms with Crippen molar-refractivity contribution in [2.24, 2.45) is 0 Å². The molecule has 0 fully saturated rings. The van der Waals surface area contributed by atoms with Gasteiger partial charge in [0.05, 0.1) is 0 Å². The van der Waals surface area contributed by atoms with Crippen molar-refractivity contribution in [3.63, 3.8) is 0 Å². The van der Waals surface area contributed by atoms with Crippen LogP contribution in [-0.2, 0) is 0 Å². The summed E-state index contributed by atoms with van der Waals surface area (Å²) in [6, 6.07) is 1.00. The minimum atomic E-state index is -1.03. The van der Waals surface area contributed by atoms with Gasteiger partial charge < -0.3 is 4.90 Å². The number of halogens is 2. The first-order valence-corrected chi connectivity index (χ1v) is 7.83. The van der Waals surface area contributed by atoms with Crippen LogP contribution in [0.3, 0.4) is 0 Å². The minimum Gasteiger partial charge on any atom is -0.304 e. The fraction of sp³-hybridized carbons (Fsp3) is 1.00. The Kier molecular flexibility index (Phi) is 7.92. The largest absolute Gasteiger partial charge is 0.304 e. The van der Waals surface area contributed by atoms with Crippen LogP contribution in [0, 0.1) is 0 Å². The van der Waals surface area contributed by atoms with Crippen molar-refractivity contribution < 1.29 is 0 Å². The van der Waals surface area contributed by atoms with Gasteiger partial charge in [-0.15, -0.1) is 22.2 Å². The second-order valence-electron chi connectivity index (χ2n) is 2.47. The van der Waals surface area contributed by atoms with Gasteiger partial charge in [0.2, 0.25) is 0 Å². The molecule has 0 saturated heterocycles. The highest BCUT2D eigenvalue weighted by molar-refractivity contribution is 7.33. The molecule has 0 unspecified atom stereocenters. The van der Waals surface area contributed by atoms with Crippen LogP contribution in [0.25, 0.3) is 0 Å². The molecular weight excluding hydrogens is 197 g/mol. The van der Waals surface area contributed by atoms with E-state index in [1.807, 2.05) is 0 Å². The number of nitrogens with zero attached hydrogens (tertiary/aromatic N) is 1. The first-order valence-electron chi connectivity index (χ1n) is 4.09. The van der Waals surface area contributed by atoms with Crippen LogP contribution < -0.4 is 0 Å². The van der Waals surface area contributed by atoms with Crippen molar-refractivity contribution in [2.45, 2.75) is 26.3 Å². The standard InChI is InChI=1S/C7H16Cl2NSi/c1-3-10(4-2)6-5-7-11(8)9/h3-7H2,1-2H3. The van der Waals surface area contributed by atoms with Crippen LogP contribution in [0.1, 0.15) is 20.3 Å². The minimum absolute atomic E-state index is 1.00. The number of hydrogen-bond acceptors (Lipinski definition) is 1. The Morgan fingerprint density at radius 1 is 1.18 bits per heavy atom. The third-order valence-electron chi connectivity index (χ3n) is 1.73. The summed E-state index contributed by atoms with van der Waals surface area (Å²) in [4.78, 5) is 2.39. The Hall–Kier alpha value is 0.757. The lowest BCUT2D eigenvalue weighted by Crippen LogP contribution is -2.24. The van der Waals surface area contributed by atoms with Gasteiger partial charge in [-0.3, -0.25) is 0 Å². The summed E-state index contributed by atoms with van der Waals surface area (Å²) in [6.07, 6.45) is 1.14. The highest BCUT2D eigenvalue weighted by Gasteiger charge is 2.04. The zero-order valence-electron chi connectivity index (χ0n) is 7.24. The second-order valence-corrected chi connectivity index (χ2v) is 6.96. The molecule has 0 heterocycles. The maximum Gasteiger partial charge on any atom is 0.273 e. The number of rotatable bonds is 6. The lowest BCUT2D eigenvalue weighted by molar-refractivity contribution is 0.304. The smallest absolute Gasteiger partial charge is 0.273 e. The third-order valence-corrected chi connectivity index (χ3v) is 3.60. The van der Waals surface area contributed by atoms with E-state index in [2.05, 4.69) is 18.7 Å². The summed E-state index contributed by atoms with van der Waals surface area (Å²) in [6.45, 7) is 7.75. The summed E-state index contributed by atoms with van der Waals surface area (Å²) < 4.78 is 0. The van der Waals surface area contributed by atoms with Crippen LogP contribution in [0.5, 0.6) is 0 Å². The lowest BCUT2D eigenvalue weighted by Gasteiger charge is -2.17. The summed E-state index contributed by atoms with van der Waals surface area (Å²) >= 11 is 11.4. The maximum absolute atomic E-state index is 5.70. The van der Waals surface area contributed by atoms with E-state index >= 15 is 0 Å². The Balaban J connectivity index is 3.21. The molecule has 0 aliphatic rings. The Bertz CT molecular complexity index is 86.5. The van der Waals surface area contributed by atoms with E-state index in [0.717, 1.165) is 32.1 Å². The molecule has 0 bridgehead atoms. The van der Waals surface area contributed by atoms with Gasteiger partial charge in [-0.25, -0.2) is 0 Å². The first kappa shape index (κ1) is 11.8. The molecule has 0 amide bonds. The summed E-state index contributed by atoms with van der Waals surface area (Å²) in [5, 5.41) is 0. The zero-order chi connectivity index (χ0) is 8.69. The molecular formula is C7H16Cl2NSi. The van der Waals surface area contributed by atoms with Crippen LogP contribution in [-0.4, -0.2) is 32.0 Å². The highest BCUT2D eigenvalue weighted by atomic mass is 35.7. The van der Waals surface area contributed by atoms with Crippen molar-refractivity contribution in [2.75, 3.05) is 19.6 Å². The fourth-order valence-corrected chi connectivity index (χ4v) is 2.20. The third kappa shape index (κ3) is 7.13. The molecule has 0 aliphatic heterocycles. The van der Waals surface area contributed by atoms with Crippen molar-refractivity contribution in [3.8, 4) is 0 Å². The van der Waals surface area contributed by atoms with Gasteiger partial charge in [0.1, 0.15) is 0 Å². The van der Waals surface area contributed by atoms with Crippen molar-refractivity contribution >= 4 is 29.6 Å². The molecule has 0 aromatic rings. The predicted octanol–water partition coefficient (Wildman–Crippen LogP) is 2.68. The Labute approximate surface area is 80.7 Å². The van der Waals surface area contributed by atoms with Gasteiger partial charge >= 0.3 is 0 Å². The molecule has 4 heteroatoms. The molecule has 11 heavy (non-hydrogen) atoms. The molecule has 0 N–H and O–H groups in total. The topological polar surface area (TPSA) is 3.24 Å². The van der Waals surface area contributed by atoms with Gasteiger partial charge in [-0.05, 0) is 32.1 Å². The van der Waals surface area contributed by atoms with E-state index in [9.17, 15) is 0 Å². The van der Waals surface area contributed by atoms with Crippen LogP contribution in [0.2, 0.25) is 6.04 Å². The highest BCUT2D eigenvalue weighted by Crippen LogP contribution is 2.06. The van der Waals surface area contributed by atoms with E-state index in [0.29, 0.717) is 0 Å². The molecule has 0 rings (SSSR count). The second kappa shape index (κ2) is 7.41. The van der Waals surface area contributed by atoms with Crippen LogP contribution >= 0.6 is 22.2 Å². The van der Waals surface area contributed by atoms with Gasteiger partial charge in [0.15, 0.2) is 0 Å². The average molecular weight is 213 g/mol. The van der Waals surface area contributed by atoms with Gasteiger partial charge in [0.25, 0.3) is 7.42 Å². The van der Waals surface area contributed by atoms with Gasteiger partial charge in [0, 0.05) is 0 Å². The summed E-state index contributed by atoms with van der Waals surface area (Å²) in [5.74, 6) is 0. The van der Waals surface area contributed by atoms with E-state index in [4.69, 9.17) is 22.2 Å². The zero-order valence-corrected chi connectivity index (χ0v) is 9.75. The van der Waals surface area contributed by atoms with Crippen LogP contribution in [0.15, 0.2) is 0 Å². The monoisotopic (exact) mass is 212 g/mol. The quantitative estimate of drug-likeness (QED) is 0.484. The molecule has 0 saturated carbocycles. The normalized spacial score (nSPS) is 11.5. The van der Waals surface area contributed by atoms with Gasteiger partial charge in [-0.1, -0.05) is 13.8 Å². The van der Waals surface area contributed by atoms with Gasteiger partial charge in [-0.2, -0.15) is 0 Å². The molecule has 0 aromatic carbocycles. The summed E-state index contributed by atoms with van der Waals surface area (Å²) in [7, 11) is -1.03. The molecule has 0 aromatic heterocycles. The molecule has 0 spiro atoms. The van der Waals surface area contributed by atoms with E-state index in [1.165, 1.54) is 0 Å². The lowest BCUT2D eigenvalue weighted by atomic mass is 10.4. The fourth-order valence-electron chi connectivity index (χ4n) is 0.976. The Morgan fingerprint density at radius 2 is 1.73 bits per heavy atom. The van der Waals surface area contributed by atoms with Crippen molar-refractivity contribution in [1.82, 2.24) is 4.90 Å². The summed E-state index contributed by atoms with van der Waals surface area (Å²) in [5.41, 5.74) is 0. The van der Waals surface area contributed by atoms with E-state index < -0.39 is 7.42 Å². The molecule has 0 atom stereocenters. The molecule has 67 valence electrons. The molecule has 1 nitrogen and oxygen atoms in total. The van der Waals surface area contributed by atoms with E-state index in [-0.39, 0.29) is 0 Å².